The number of ether oxygens (including phenoxy) is 1. The molecule has 1 fully saturated rings. The minimum atomic E-state index is -0.995. The highest BCUT2D eigenvalue weighted by Gasteiger charge is 2.36. The molecule has 0 radical (unpaired) electrons. The van der Waals surface area contributed by atoms with Crippen LogP contribution < -0.4 is 15.6 Å². The van der Waals surface area contributed by atoms with Crippen molar-refractivity contribution in [2.45, 2.75) is 38.7 Å². The zero-order valence-corrected chi connectivity index (χ0v) is 15.6. The number of carboxylic acids is 1. The average Bonchev–Trinajstić information content (AvgIpc) is 2.61. The van der Waals surface area contributed by atoms with Crippen LogP contribution in [-0.4, -0.2) is 29.0 Å². The van der Waals surface area contributed by atoms with Gasteiger partial charge in [-0.2, -0.15) is 0 Å². The van der Waals surface area contributed by atoms with Gasteiger partial charge in [-0.05, 0) is 38.0 Å². The van der Waals surface area contributed by atoms with E-state index in [-0.39, 0.29) is 10.8 Å². The van der Waals surface area contributed by atoms with E-state index >= 15 is 0 Å². The minimum Gasteiger partial charge on any atom is -0.481 e. The Bertz CT molecular complexity index is 698. The third-order valence-corrected chi connectivity index (χ3v) is 4.83. The van der Waals surface area contributed by atoms with E-state index < -0.39 is 35.7 Å². The normalized spacial score (nSPS) is 20.7. The number of carboxylic acid groups (broad SMARTS) is 1. The molecular formula is C17H20Cl2N2O5. The van der Waals surface area contributed by atoms with Crippen molar-refractivity contribution in [3.63, 3.8) is 0 Å². The van der Waals surface area contributed by atoms with Gasteiger partial charge in [0.05, 0.1) is 16.9 Å². The largest absolute Gasteiger partial charge is 0.481 e. The van der Waals surface area contributed by atoms with Crippen molar-refractivity contribution >= 4 is 41.0 Å². The van der Waals surface area contributed by atoms with Crippen LogP contribution in [0.25, 0.3) is 0 Å². The molecule has 1 saturated carbocycles. The zero-order chi connectivity index (χ0) is 19.3. The molecule has 3 N–H and O–H groups in total. The van der Waals surface area contributed by atoms with E-state index in [9.17, 15) is 19.5 Å². The molecular weight excluding hydrogens is 383 g/mol. The van der Waals surface area contributed by atoms with E-state index in [2.05, 4.69) is 10.9 Å². The van der Waals surface area contributed by atoms with Gasteiger partial charge in [0.15, 0.2) is 6.10 Å². The van der Waals surface area contributed by atoms with Crippen LogP contribution in [0.4, 0.5) is 0 Å². The first kappa shape index (κ1) is 20.3. The van der Waals surface area contributed by atoms with Crippen molar-refractivity contribution < 1.29 is 24.2 Å². The van der Waals surface area contributed by atoms with E-state index in [1.807, 2.05) is 0 Å². The molecule has 3 atom stereocenters. The Labute approximate surface area is 161 Å². The second kappa shape index (κ2) is 9.09. The van der Waals surface area contributed by atoms with E-state index in [1.165, 1.54) is 19.1 Å². The third-order valence-electron chi connectivity index (χ3n) is 4.30. The van der Waals surface area contributed by atoms with E-state index in [1.54, 1.807) is 6.07 Å². The molecule has 2 amide bonds. The topological polar surface area (TPSA) is 105 Å². The number of benzene rings is 1. The molecule has 0 heterocycles. The van der Waals surface area contributed by atoms with Gasteiger partial charge in [-0.25, -0.2) is 0 Å². The summed E-state index contributed by atoms with van der Waals surface area (Å²) in [5, 5.41) is 9.92. The van der Waals surface area contributed by atoms with Gasteiger partial charge in [0, 0.05) is 5.02 Å². The van der Waals surface area contributed by atoms with Crippen molar-refractivity contribution in [1.82, 2.24) is 10.9 Å². The van der Waals surface area contributed by atoms with Crippen LogP contribution in [0.3, 0.4) is 0 Å². The Hall–Kier alpha value is -1.99. The SMILES string of the molecule is C[C@@H](Oc1ccc(Cl)cc1Cl)C(=O)NNC(=O)[C@H]1CCCC[C@@H]1C(=O)O. The molecule has 1 aromatic carbocycles. The lowest BCUT2D eigenvalue weighted by Gasteiger charge is -2.27. The van der Waals surface area contributed by atoms with Gasteiger partial charge in [-0.1, -0.05) is 36.0 Å². The Morgan fingerprint density at radius 1 is 1.15 bits per heavy atom. The maximum absolute atomic E-state index is 12.2. The molecule has 0 aromatic heterocycles. The summed E-state index contributed by atoms with van der Waals surface area (Å²) < 4.78 is 5.45. The van der Waals surface area contributed by atoms with Crippen LogP contribution in [0.5, 0.6) is 5.75 Å². The van der Waals surface area contributed by atoms with Crippen molar-refractivity contribution in [2.24, 2.45) is 11.8 Å². The van der Waals surface area contributed by atoms with Crippen LogP contribution in [0.2, 0.25) is 10.0 Å². The van der Waals surface area contributed by atoms with Gasteiger partial charge in [-0.15, -0.1) is 0 Å². The standard InChI is InChI=1S/C17H20Cl2N2O5/c1-9(26-14-7-6-10(18)8-13(14)19)15(22)20-21-16(23)11-4-2-3-5-12(11)17(24)25/h6-9,11-12H,2-5H2,1H3,(H,20,22)(H,21,23)(H,24,25)/t9-,11+,12+/m1/s1. The lowest BCUT2D eigenvalue weighted by Crippen LogP contribution is -2.51. The van der Waals surface area contributed by atoms with Gasteiger partial charge >= 0.3 is 5.97 Å². The molecule has 0 bridgehead atoms. The molecule has 0 saturated heterocycles. The van der Waals surface area contributed by atoms with Crippen molar-refractivity contribution in [2.75, 3.05) is 0 Å². The molecule has 0 aliphatic heterocycles. The highest BCUT2D eigenvalue weighted by molar-refractivity contribution is 6.35. The summed E-state index contributed by atoms with van der Waals surface area (Å²) >= 11 is 11.8. The summed E-state index contributed by atoms with van der Waals surface area (Å²) in [7, 11) is 0. The Morgan fingerprint density at radius 3 is 2.42 bits per heavy atom. The van der Waals surface area contributed by atoms with E-state index in [4.69, 9.17) is 27.9 Å². The van der Waals surface area contributed by atoms with Crippen LogP contribution >= 0.6 is 23.2 Å². The molecule has 9 heteroatoms. The third kappa shape index (κ3) is 5.25. The molecule has 26 heavy (non-hydrogen) atoms. The summed E-state index contributed by atoms with van der Waals surface area (Å²) in [6.45, 7) is 1.49. The first-order chi connectivity index (χ1) is 12.3. The first-order valence-corrected chi connectivity index (χ1v) is 8.99. The van der Waals surface area contributed by atoms with Crippen molar-refractivity contribution in [3.8, 4) is 5.75 Å². The molecule has 7 nitrogen and oxygen atoms in total. The molecule has 1 aromatic rings. The van der Waals surface area contributed by atoms with Crippen LogP contribution in [0.1, 0.15) is 32.6 Å². The van der Waals surface area contributed by atoms with E-state index in [0.29, 0.717) is 17.9 Å². The Morgan fingerprint density at radius 2 is 1.81 bits per heavy atom. The number of nitrogens with one attached hydrogen (secondary N) is 2. The van der Waals surface area contributed by atoms with Gasteiger partial charge in [-0.3, -0.25) is 25.2 Å². The van der Waals surface area contributed by atoms with Crippen LogP contribution in [0.15, 0.2) is 18.2 Å². The monoisotopic (exact) mass is 402 g/mol. The number of aliphatic carboxylic acids is 1. The smallest absolute Gasteiger partial charge is 0.307 e. The predicted octanol–water partition coefficient (Wildman–Crippen LogP) is 2.80. The lowest BCUT2D eigenvalue weighted by molar-refractivity contribution is -0.149. The second-order valence-electron chi connectivity index (χ2n) is 6.15. The Kier molecular flexibility index (Phi) is 7.11. The highest BCUT2D eigenvalue weighted by atomic mass is 35.5. The number of carbonyl (C=O) groups is 3. The fourth-order valence-electron chi connectivity index (χ4n) is 2.87. The second-order valence-corrected chi connectivity index (χ2v) is 6.99. The van der Waals surface area contributed by atoms with Gasteiger partial charge in [0.1, 0.15) is 5.75 Å². The maximum atomic E-state index is 12.2. The fraction of sp³-hybridized carbons (Fsp3) is 0.471. The van der Waals surface area contributed by atoms with Gasteiger partial charge in [0.2, 0.25) is 5.91 Å². The molecule has 0 spiro atoms. The molecule has 1 aliphatic carbocycles. The number of hydrogen-bond donors (Lipinski definition) is 3. The minimum absolute atomic E-state index is 0.257. The number of halogens is 2. The number of hydrazine groups is 1. The first-order valence-electron chi connectivity index (χ1n) is 8.24. The predicted molar refractivity (Wildman–Crippen MR) is 95.9 cm³/mol. The van der Waals surface area contributed by atoms with Crippen LogP contribution in [0, 0.1) is 11.8 Å². The summed E-state index contributed by atoms with van der Waals surface area (Å²) in [5.74, 6) is -3.21. The van der Waals surface area contributed by atoms with Crippen molar-refractivity contribution in [3.05, 3.63) is 28.2 Å². The summed E-state index contributed by atoms with van der Waals surface area (Å²) in [5.41, 5.74) is 4.56. The summed E-state index contributed by atoms with van der Waals surface area (Å²) in [6, 6.07) is 4.59. The van der Waals surface area contributed by atoms with Crippen molar-refractivity contribution in [1.29, 1.82) is 0 Å². The molecule has 142 valence electrons. The number of hydrogen-bond acceptors (Lipinski definition) is 4. The molecule has 2 rings (SSSR count). The van der Waals surface area contributed by atoms with Crippen LogP contribution in [-0.2, 0) is 14.4 Å². The number of carbonyl (C=O) groups excluding carboxylic acids is 2. The quantitative estimate of drug-likeness (QED) is 0.656. The lowest BCUT2D eigenvalue weighted by atomic mass is 9.79. The highest BCUT2D eigenvalue weighted by Crippen LogP contribution is 2.30. The number of amides is 2. The van der Waals surface area contributed by atoms with Gasteiger partial charge in [0.25, 0.3) is 5.91 Å². The molecule has 0 unspecified atom stereocenters. The summed E-state index contributed by atoms with van der Waals surface area (Å²) in [6.07, 6.45) is 1.56. The Balaban J connectivity index is 1.88. The van der Waals surface area contributed by atoms with Gasteiger partial charge < -0.3 is 9.84 Å². The molecule has 1 aliphatic rings. The van der Waals surface area contributed by atoms with E-state index in [0.717, 1.165) is 12.8 Å². The fourth-order valence-corrected chi connectivity index (χ4v) is 3.33. The summed E-state index contributed by atoms with van der Waals surface area (Å²) in [4.78, 5) is 35.6. The average molecular weight is 403 g/mol. The number of rotatable bonds is 5. The zero-order valence-electron chi connectivity index (χ0n) is 14.1. The maximum Gasteiger partial charge on any atom is 0.307 e.